The first kappa shape index (κ1) is 20.6. The molecule has 3 heteroatoms. The van der Waals surface area contributed by atoms with Crippen LogP contribution in [0.15, 0.2) is 66.4 Å². The average molecular weight is 367 g/mol. The van der Waals surface area contributed by atoms with E-state index in [4.69, 9.17) is 0 Å². The maximum absolute atomic E-state index is 14.8. The monoisotopic (exact) mass is 367 g/mol. The van der Waals surface area contributed by atoms with E-state index in [1.54, 1.807) is 6.92 Å². The Kier molecular flexibility index (Phi) is 6.73. The fourth-order valence-corrected chi connectivity index (χ4v) is 3.24. The van der Waals surface area contributed by atoms with Gasteiger partial charge in [-0.25, -0.2) is 8.78 Å². The van der Waals surface area contributed by atoms with Crippen LogP contribution in [0.5, 0.6) is 0 Å². The Morgan fingerprint density at radius 1 is 0.963 bits per heavy atom. The molecule has 0 N–H and O–H groups in total. The van der Waals surface area contributed by atoms with E-state index in [1.807, 2.05) is 69.0 Å². The number of benzene rings is 2. The smallest absolute Gasteiger partial charge is 0.135 e. The molecule has 0 atom stereocenters. The van der Waals surface area contributed by atoms with Gasteiger partial charge in [-0.15, -0.1) is 0 Å². The lowest BCUT2D eigenvalue weighted by Crippen LogP contribution is -2.26. The van der Waals surface area contributed by atoms with Gasteiger partial charge in [-0.05, 0) is 55.7 Å². The number of rotatable bonds is 3. The normalized spacial score (nSPS) is 14.0. The molecule has 3 rings (SSSR count). The summed E-state index contributed by atoms with van der Waals surface area (Å²) in [7, 11) is 0. The molecule has 0 fully saturated rings. The van der Waals surface area contributed by atoms with Gasteiger partial charge in [0.05, 0.1) is 11.3 Å². The van der Waals surface area contributed by atoms with Crippen LogP contribution in [0.1, 0.15) is 44.4 Å². The van der Waals surface area contributed by atoms with Crippen molar-refractivity contribution < 1.29 is 8.78 Å². The maximum atomic E-state index is 14.8. The molecule has 142 valence electrons. The summed E-state index contributed by atoms with van der Waals surface area (Å²) in [5, 5.41) is 0. The van der Waals surface area contributed by atoms with E-state index in [9.17, 15) is 8.78 Å². The van der Waals surface area contributed by atoms with Gasteiger partial charge in [-0.2, -0.15) is 0 Å². The quantitative estimate of drug-likeness (QED) is 0.566. The van der Waals surface area contributed by atoms with E-state index in [0.717, 1.165) is 22.4 Å². The highest BCUT2D eigenvalue weighted by molar-refractivity contribution is 5.98. The minimum atomic E-state index is -0.555. The SMILES string of the molecule is C=C1C(C)=CC(c2ccccc2)=C(c2c(F)cc(C)cc2F)N1CC.CC. The molecule has 1 heterocycles. The van der Waals surface area contributed by atoms with Gasteiger partial charge in [-0.1, -0.05) is 50.8 Å². The number of hydrogen-bond donors (Lipinski definition) is 0. The number of nitrogens with zero attached hydrogens (tertiary/aromatic N) is 1. The van der Waals surface area contributed by atoms with Gasteiger partial charge >= 0.3 is 0 Å². The molecular formula is C24H27F2N. The van der Waals surface area contributed by atoms with Crippen LogP contribution >= 0.6 is 0 Å². The van der Waals surface area contributed by atoms with Crippen LogP contribution in [0.2, 0.25) is 0 Å². The zero-order valence-corrected chi connectivity index (χ0v) is 16.7. The lowest BCUT2D eigenvalue weighted by atomic mass is 9.91. The Morgan fingerprint density at radius 2 is 1.52 bits per heavy atom. The third-order valence-corrected chi connectivity index (χ3v) is 4.49. The number of hydrogen-bond acceptors (Lipinski definition) is 1. The first-order valence-corrected chi connectivity index (χ1v) is 9.34. The second-order valence-corrected chi connectivity index (χ2v) is 6.25. The van der Waals surface area contributed by atoms with E-state index >= 15 is 0 Å². The molecule has 2 aromatic carbocycles. The molecule has 0 bridgehead atoms. The lowest BCUT2D eigenvalue weighted by Gasteiger charge is -2.34. The summed E-state index contributed by atoms with van der Waals surface area (Å²) in [4.78, 5) is 1.88. The molecule has 2 aromatic rings. The lowest BCUT2D eigenvalue weighted by molar-refractivity contribution is 0.504. The molecule has 0 saturated heterocycles. The Balaban J connectivity index is 0.00000126. The third-order valence-electron chi connectivity index (χ3n) is 4.49. The van der Waals surface area contributed by atoms with Gasteiger partial charge in [0.2, 0.25) is 0 Å². The number of aryl methyl sites for hydroxylation is 1. The summed E-state index contributed by atoms with van der Waals surface area (Å²) in [6.07, 6.45) is 1.96. The van der Waals surface area contributed by atoms with Gasteiger partial charge in [0.25, 0.3) is 0 Å². The molecule has 0 aliphatic carbocycles. The van der Waals surface area contributed by atoms with Crippen molar-refractivity contribution in [1.29, 1.82) is 0 Å². The highest BCUT2D eigenvalue weighted by Gasteiger charge is 2.28. The minimum Gasteiger partial charge on any atom is -0.341 e. The molecule has 0 aromatic heterocycles. The number of allylic oxidation sites excluding steroid dienone is 3. The Labute approximate surface area is 161 Å². The predicted molar refractivity (Wildman–Crippen MR) is 111 cm³/mol. The summed E-state index contributed by atoms with van der Waals surface area (Å²) >= 11 is 0. The van der Waals surface area contributed by atoms with Gasteiger partial charge < -0.3 is 4.90 Å². The van der Waals surface area contributed by atoms with Crippen LogP contribution in [0.4, 0.5) is 8.78 Å². The molecule has 0 radical (unpaired) electrons. The van der Waals surface area contributed by atoms with Gasteiger partial charge in [0.15, 0.2) is 0 Å². The predicted octanol–water partition coefficient (Wildman–Crippen LogP) is 6.96. The fraction of sp³-hybridized carbons (Fsp3) is 0.250. The van der Waals surface area contributed by atoms with E-state index in [-0.39, 0.29) is 5.56 Å². The summed E-state index contributed by atoms with van der Waals surface area (Å²) < 4.78 is 29.5. The molecular weight excluding hydrogens is 340 g/mol. The molecule has 1 aliphatic heterocycles. The van der Waals surface area contributed by atoms with Crippen LogP contribution < -0.4 is 0 Å². The highest BCUT2D eigenvalue weighted by Crippen LogP contribution is 2.40. The van der Waals surface area contributed by atoms with Crippen molar-refractivity contribution in [2.24, 2.45) is 0 Å². The van der Waals surface area contributed by atoms with Crippen LogP contribution in [-0.2, 0) is 0 Å². The van der Waals surface area contributed by atoms with Gasteiger partial charge in [0.1, 0.15) is 11.6 Å². The number of likely N-dealkylation sites (N-methyl/N-ethyl adjacent to an activating group) is 1. The van der Waals surface area contributed by atoms with E-state index in [2.05, 4.69) is 6.58 Å². The van der Waals surface area contributed by atoms with Crippen molar-refractivity contribution in [1.82, 2.24) is 4.90 Å². The molecule has 1 nitrogen and oxygen atoms in total. The molecule has 27 heavy (non-hydrogen) atoms. The number of halogens is 2. The minimum absolute atomic E-state index is 0.00352. The van der Waals surface area contributed by atoms with E-state index in [0.29, 0.717) is 17.8 Å². The Morgan fingerprint density at radius 3 is 2.04 bits per heavy atom. The van der Waals surface area contributed by atoms with Crippen molar-refractivity contribution in [3.8, 4) is 0 Å². The topological polar surface area (TPSA) is 3.24 Å². The second kappa shape index (κ2) is 8.81. The standard InChI is InChI=1S/C22H21F2N.C2H6/c1-5-25-16(4)15(3)13-18(17-9-7-6-8-10-17)22(25)21-19(23)11-14(2)12-20(21)24;1-2/h6-13H,4-5H2,1-3H3;1-2H3. The van der Waals surface area contributed by atoms with Crippen molar-refractivity contribution in [3.63, 3.8) is 0 Å². The van der Waals surface area contributed by atoms with E-state index in [1.165, 1.54) is 12.1 Å². The Bertz CT molecular complexity index is 869. The van der Waals surface area contributed by atoms with Crippen LogP contribution in [0.3, 0.4) is 0 Å². The summed E-state index contributed by atoms with van der Waals surface area (Å²) in [5.41, 5.74) is 4.55. The molecule has 0 saturated carbocycles. The summed E-state index contributed by atoms with van der Waals surface area (Å²) in [5.74, 6) is -1.11. The van der Waals surface area contributed by atoms with Crippen molar-refractivity contribution in [2.45, 2.75) is 34.6 Å². The first-order chi connectivity index (χ1) is 12.9. The maximum Gasteiger partial charge on any atom is 0.135 e. The van der Waals surface area contributed by atoms with E-state index < -0.39 is 11.6 Å². The van der Waals surface area contributed by atoms with Crippen molar-refractivity contribution in [3.05, 3.63) is 94.7 Å². The van der Waals surface area contributed by atoms with Crippen LogP contribution in [0, 0.1) is 18.6 Å². The zero-order chi connectivity index (χ0) is 20.1. The fourth-order valence-electron chi connectivity index (χ4n) is 3.24. The van der Waals surface area contributed by atoms with Gasteiger partial charge in [-0.3, -0.25) is 0 Å². The average Bonchev–Trinajstić information content (AvgIpc) is 2.66. The van der Waals surface area contributed by atoms with Crippen LogP contribution in [-0.4, -0.2) is 11.4 Å². The Hall–Kier alpha value is -2.68. The summed E-state index contributed by atoms with van der Waals surface area (Å²) in [6, 6.07) is 12.4. The van der Waals surface area contributed by atoms with Crippen molar-refractivity contribution >= 4 is 11.3 Å². The highest BCUT2D eigenvalue weighted by atomic mass is 19.1. The first-order valence-electron chi connectivity index (χ1n) is 9.34. The van der Waals surface area contributed by atoms with Crippen molar-refractivity contribution in [2.75, 3.05) is 6.54 Å². The van der Waals surface area contributed by atoms with Crippen LogP contribution in [0.25, 0.3) is 11.3 Å². The second-order valence-electron chi connectivity index (χ2n) is 6.25. The summed E-state index contributed by atoms with van der Waals surface area (Å²) in [6.45, 7) is 14.3. The zero-order valence-electron chi connectivity index (χ0n) is 16.7. The van der Waals surface area contributed by atoms with Gasteiger partial charge in [0, 0.05) is 17.8 Å². The molecule has 0 unspecified atom stereocenters. The molecule has 0 amide bonds. The molecule has 1 aliphatic rings. The molecule has 0 spiro atoms. The largest absolute Gasteiger partial charge is 0.341 e. The third kappa shape index (κ3) is 4.02.